The van der Waals surface area contributed by atoms with Gasteiger partial charge in [0.25, 0.3) is 0 Å². The van der Waals surface area contributed by atoms with E-state index >= 15 is 0 Å². The van der Waals surface area contributed by atoms with Crippen LogP contribution in [0.15, 0.2) is 23.5 Å². The van der Waals surface area contributed by atoms with Crippen LogP contribution in [0.25, 0.3) is 0 Å². The molecule has 0 amide bonds. The number of unbranched alkanes of at least 4 members (excludes halogenated alkanes) is 2. The minimum absolute atomic E-state index is 0.278. The molecule has 2 heteroatoms. The molecular formula is C22H32O2. The molecule has 3 unspecified atom stereocenters. The first kappa shape index (κ1) is 17.4. The fraction of sp³-hybridized carbons (Fsp3) is 0.636. The second-order valence-corrected chi connectivity index (χ2v) is 7.97. The molecule has 2 aliphatic rings. The summed E-state index contributed by atoms with van der Waals surface area (Å²) in [5, 5.41) is 10.7. The van der Waals surface area contributed by atoms with Crippen LogP contribution in [0.3, 0.4) is 0 Å². The SMILES string of the molecule is CCCCCC(C)c1cc(O)c2c(c1)OC1=C(CCC(C)C1)C2C. The van der Waals surface area contributed by atoms with E-state index in [1.54, 1.807) is 0 Å². The minimum Gasteiger partial charge on any atom is -0.507 e. The second kappa shape index (κ2) is 7.21. The number of ether oxygens (including phenoxy) is 1. The molecule has 1 aliphatic carbocycles. The summed E-state index contributed by atoms with van der Waals surface area (Å²) >= 11 is 0. The lowest BCUT2D eigenvalue weighted by molar-refractivity contribution is 0.308. The molecule has 0 saturated heterocycles. The Kier molecular flexibility index (Phi) is 5.22. The fourth-order valence-corrected chi connectivity index (χ4v) is 4.27. The van der Waals surface area contributed by atoms with Crippen LogP contribution in [0.2, 0.25) is 0 Å². The highest BCUT2D eigenvalue weighted by Gasteiger charge is 2.32. The van der Waals surface area contributed by atoms with Crippen molar-refractivity contribution in [1.82, 2.24) is 0 Å². The molecule has 0 fully saturated rings. The Morgan fingerprint density at radius 1 is 1.25 bits per heavy atom. The lowest BCUT2D eigenvalue weighted by Crippen LogP contribution is -2.20. The van der Waals surface area contributed by atoms with Crippen molar-refractivity contribution in [3.8, 4) is 11.5 Å². The molecule has 24 heavy (non-hydrogen) atoms. The van der Waals surface area contributed by atoms with Crippen LogP contribution in [-0.2, 0) is 0 Å². The van der Waals surface area contributed by atoms with Crippen molar-refractivity contribution in [1.29, 1.82) is 0 Å². The maximum atomic E-state index is 10.7. The van der Waals surface area contributed by atoms with Crippen LogP contribution in [0.1, 0.15) is 95.6 Å². The van der Waals surface area contributed by atoms with Crippen molar-refractivity contribution in [2.24, 2.45) is 5.92 Å². The van der Waals surface area contributed by atoms with Crippen molar-refractivity contribution in [2.45, 2.75) is 84.5 Å². The molecule has 0 bridgehead atoms. The van der Waals surface area contributed by atoms with Gasteiger partial charge in [-0.05, 0) is 54.4 Å². The zero-order valence-corrected chi connectivity index (χ0v) is 15.7. The Morgan fingerprint density at radius 3 is 2.79 bits per heavy atom. The summed E-state index contributed by atoms with van der Waals surface area (Å²) in [5.74, 6) is 3.93. The number of hydrogen-bond acceptors (Lipinski definition) is 2. The molecule has 132 valence electrons. The van der Waals surface area contributed by atoms with E-state index in [0.29, 0.717) is 17.6 Å². The monoisotopic (exact) mass is 328 g/mol. The Morgan fingerprint density at radius 2 is 2.04 bits per heavy atom. The van der Waals surface area contributed by atoms with E-state index in [9.17, 15) is 5.11 Å². The molecule has 1 heterocycles. The molecule has 0 radical (unpaired) electrons. The molecule has 1 aromatic carbocycles. The Labute approximate surface area is 146 Å². The van der Waals surface area contributed by atoms with Gasteiger partial charge in [0.1, 0.15) is 17.3 Å². The number of allylic oxidation sites excluding steroid dienone is 2. The van der Waals surface area contributed by atoms with E-state index < -0.39 is 0 Å². The average Bonchev–Trinajstić information content (AvgIpc) is 2.54. The second-order valence-electron chi connectivity index (χ2n) is 7.97. The molecule has 1 aromatic rings. The first-order chi connectivity index (χ1) is 11.5. The topological polar surface area (TPSA) is 29.5 Å². The zero-order chi connectivity index (χ0) is 17.3. The zero-order valence-electron chi connectivity index (χ0n) is 15.7. The number of hydrogen-bond donors (Lipinski definition) is 1. The lowest BCUT2D eigenvalue weighted by atomic mass is 9.78. The summed E-state index contributed by atoms with van der Waals surface area (Å²) in [6.45, 7) is 9.02. The van der Waals surface area contributed by atoms with Crippen molar-refractivity contribution < 1.29 is 9.84 Å². The molecule has 3 atom stereocenters. The van der Waals surface area contributed by atoms with Crippen LogP contribution < -0.4 is 4.74 Å². The number of fused-ring (bicyclic) bond motifs is 1. The van der Waals surface area contributed by atoms with Gasteiger partial charge in [0, 0.05) is 17.9 Å². The molecule has 1 aliphatic heterocycles. The smallest absolute Gasteiger partial charge is 0.134 e. The van der Waals surface area contributed by atoms with Crippen molar-refractivity contribution in [3.05, 3.63) is 34.6 Å². The third kappa shape index (κ3) is 3.34. The third-order valence-electron chi connectivity index (χ3n) is 5.94. The highest BCUT2D eigenvalue weighted by Crippen LogP contribution is 2.49. The van der Waals surface area contributed by atoms with Gasteiger partial charge in [-0.15, -0.1) is 0 Å². The van der Waals surface area contributed by atoms with E-state index in [1.165, 1.54) is 49.0 Å². The van der Waals surface area contributed by atoms with Crippen LogP contribution in [0.5, 0.6) is 11.5 Å². The first-order valence-electron chi connectivity index (χ1n) is 9.77. The van der Waals surface area contributed by atoms with Crippen molar-refractivity contribution in [2.75, 3.05) is 0 Å². The Bertz CT molecular complexity index is 629. The van der Waals surface area contributed by atoms with Gasteiger partial charge in [-0.1, -0.05) is 47.0 Å². The van der Waals surface area contributed by atoms with E-state index in [0.717, 1.165) is 24.2 Å². The molecule has 0 saturated carbocycles. The molecule has 1 N–H and O–H groups in total. The van der Waals surface area contributed by atoms with Gasteiger partial charge in [-0.3, -0.25) is 0 Å². The molecule has 2 nitrogen and oxygen atoms in total. The lowest BCUT2D eigenvalue weighted by Gasteiger charge is -2.34. The van der Waals surface area contributed by atoms with Gasteiger partial charge in [-0.2, -0.15) is 0 Å². The van der Waals surface area contributed by atoms with Crippen LogP contribution >= 0.6 is 0 Å². The summed E-state index contributed by atoms with van der Waals surface area (Å²) in [5.41, 5.74) is 3.61. The van der Waals surface area contributed by atoms with Gasteiger partial charge in [0.2, 0.25) is 0 Å². The number of aromatic hydroxyl groups is 1. The van der Waals surface area contributed by atoms with Crippen LogP contribution in [0.4, 0.5) is 0 Å². The van der Waals surface area contributed by atoms with E-state index in [4.69, 9.17) is 4.74 Å². The number of phenols is 1. The number of benzene rings is 1. The van der Waals surface area contributed by atoms with E-state index in [1.807, 2.05) is 6.07 Å². The van der Waals surface area contributed by atoms with E-state index in [-0.39, 0.29) is 5.92 Å². The molecule has 0 spiro atoms. The Balaban J connectivity index is 1.86. The minimum atomic E-state index is 0.278. The number of phenolic OH excluding ortho intramolecular Hbond substituents is 1. The van der Waals surface area contributed by atoms with Crippen molar-refractivity contribution in [3.63, 3.8) is 0 Å². The largest absolute Gasteiger partial charge is 0.507 e. The quantitative estimate of drug-likeness (QED) is 0.613. The van der Waals surface area contributed by atoms with Gasteiger partial charge in [0.15, 0.2) is 0 Å². The third-order valence-corrected chi connectivity index (χ3v) is 5.94. The van der Waals surface area contributed by atoms with Crippen LogP contribution in [-0.4, -0.2) is 5.11 Å². The Hall–Kier alpha value is -1.44. The van der Waals surface area contributed by atoms with Gasteiger partial charge < -0.3 is 9.84 Å². The predicted molar refractivity (Wildman–Crippen MR) is 99.7 cm³/mol. The summed E-state index contributed by atoms with van der Waals surface area (Å²) in [6, 6.07) is 4.16. The normalized spacial score (nSPS) is 24.2. The fourth-order valence-electron chi connectivity index (χ4n) is 4.27. The standard InChI is InChI=1S/C22H32O2/c1-5-6-7-8-15(3)17-12-19(23)22-16(4)18-10-9-14(2)11-20(18)24-21(22)13-17/h12-16,23H,5-11H2,1-4H3. The highest BCUT2D eigenvalue weighted by atomic mass is 16.5. The predicted octanol–water partition coefficient (Wildman–Crippen LogP) is 6.65. The summed E-state index contributed by atoms with van der Waals surface area (Å²) in [7, 11) is 0. The first-order valence-corrected chi connectivity index (χ1v) is 9.77. The maximum absolute atomic E-state index is 10.7. The van der Waals surface area contributed by atoms with Gasteiger partial charge >= 0.3 is 0 Å². The van der Waals surface area contributed by atoms with Crippen molar-refractivity contribution >= 4 is 0 Å². The maximum Gasteiger partial charge on any atom is 0.134 e. The van der Waals surface area contributed by atoms with Gasteiger partial charge in [0.05, 0.1) is 0 Å². The number of rotatable bonds is 5. The highest BCUT2D eigenvalue weighted by molar-refractivity contribution is 5.55. The summed E-state index contributed by atoms with van der Waals surface area (Å²) < 4.78 is 6.29. The van der Waals surface area contributed by atoms with Gasteiger partial charge in [-0.25, -0.2) is 0 Å². The molecule has 3 rings (SSSR count). The van der Waals surface area contributed by atoms with Crippen LogP contribution in [0, 0.1) is 5.92 Å². The summed E-state index contributed by atoms with van der Waals surface area (Å²) in [4.78, 5) is 0. The summed E-state index contributed by atoms with van der Waals surface area (Å²) in [6.07, 6.45) is 8.32. The average molecular weight is 328 g/mol. The molecular weight excluding hydrogens is 296 g/mol. The molecule has 0 aromatic heterocycles. The van der Waals surface area contributed by atoms with E-state index in [2.05, 4.69) is 33.8 Å².